The summed E-state index contributed by atoms with van der Waals surface area (Å²) in [7, 11) is 1.78. The number of anilines is 2. The number of rotatable bonds is 4. The minimum absolute atomic E-state index is 0.0766. The Kier molecular flexibility index (Phi) is 4.02. The molecule has 4 fully saturated rings. The molecule has 0 aliphatic heterocycles. The van der Waals surface area contributed by atoms with E-state index >= 15 is 0 Å². The summed E-state index contributed by atoms with van der Waals surface area (Å²) in [4.78, 5) is 40.1. The second-order valence-electron chi connectivity index (χ2n) is 11.2. The first-order valence-electron chi connectivity index (χ1n) is 12.3. The number of imidazole rings is 1. The number of fused-ring (bicyclic) bond motifs is 2. The number of pyridine rings is 1. The van der Waals surface area contributed by atoms with E-state index in [-0.39, 0.29) is 22.4 Å². The van der Waals surface area contributed by atoms with Gasteiger partial charge < -0.3 is 5.32 Å². The fraction of sp³-hybridized carbons (Fsp3) is 0.520. The number of carbonyl (C=O) groups is 1. The van der Waals surface area contributed by atoms with E-state index in [1.54, 1.807) is 29.3 Å². The first-order chi connectivity index (χ1) is 16.8. The summed E-state index contributed by atoms with van der Waals surface area (Å²) in [5, 5.41) is 7.53. The van der Waals surface area contributed by atoms with E-state index in [2.05, 4.69) is 20.4 Å². The van der Waals surface area contributed by atoms with E-state index in [1.807, 2.05) is 23.8 Å². The van der Waals surface area contributed by atoms with Crippen molar-refractivity contribution < 1.29 is 4.79 Å². The van der Waals surface area contributed by atoms with Gasteiger partial charge in [0.15, 0.2) is 11.3 Å². The van der Waals surface area contributed by atoms with Gasteiger partial charge in [0, 0.05) is 12.5 Å². The molecule has 4 aromatic heterocycles. The van der Waals surface area contributed by atoms with Gasteiger partial charge in [-0.25, -0.2) is 19.3 Å². The molecule has 10 nitrogen and oxygen atoms in total. The second-order valence-corrected chi connectivity index (χ2v) is 11.2. The first-order valence-corrected chi connectivity index (χ1v) is 12.3. The predicted octanol–water partition coefficient (Wildman–Crippen LogP) is 3.11. The molecule has 2 atom stereocenters. The van der Waals surface area contributed by atoms with Crippen LogP contribution in [0.4, 0.5) is 11.6 Å². The van der Waals surface area contributed by atoms with E-state index < -0.39 is 0 Å². The summed E-state index contributed by atoms with van der Waals surface area (Å²) >= 11 is 0. The van der Waals surface area contributed by atoms with Gasteiger partial charge in [-0.2, -0.15) is 10.1 Å². The van der Waals surface area contributed by atoms with Crippen LogP contribution in [0.3, 0.4) is 0 Å². The molecular weight excluding hydrogens is 444 g/mol. The number of hydrogen-bond acceptors (Lipinski definition) is 7. The third-order valence-corrected chi connectivity index (χ3v) is 8.92. The van der Waals surface area contributed by atoms with Crippen molar-refractivity contribution in [1.82, 2.24) is 33.7 Å². The van der Waals surface area contributed by atoms with Crippen molar-refractivity contribution in [2.24, 2.45) is 24.3 Å². The molecule has 4 heterocycles. The van der Waals surface area contributed by atoms with Crippen LogP contribution in [0, 0.1) is 24.2 Å². The lowest BCUT2D eigenvalue weighted by Gasteiger charge is -2.61. The molecule has 2 unspecified atom stereocenters. The third-order valence-electron chi connectivity index (χ3n) is 8.92. The zero-order valence-corrected chi connectivity index (χ0v) is 20.2. The van der Waals surface area contributed by atoms with Crippen LogP contribution in [-0.4, -0.2) is 39.5 Å². The molecule has 10 heteroatoms. The van der Waals surface area contributed by atoms with Crippen molar-refractivity contribution in [3.63, 3.8) is 0 Å². The van der Waals surface area contributed by atoms with E-state index in [1.165, 1.54) is 12.7 Å². The molecule has 4 aliphatic carbocycles. The Morgan fingerprint density at radius 2 is 1.94 bits per heavy atom. The molecule has 8 rings (SSSR count). The summed E-state index contributed by atoms with van der Waals surface area (Å²) in [6.45, 7) is 3.73. The van der Waals surface area contributed by atoms with Crippen molar-refractivity contribution >= 4 is 34.2 Å². The van der Waals surface area contributed by atoms with Gasteiger partial charge >= 0.3 is 5.69 Å². The fourth-order valence-corrected chi connectivity index (χ4v) is 7.70. The largest absolute Gasteiger partial charge is 0.330 e. The molecular formula is C25H28N8O2. The number of nitrogens with one attached hydrogen (secondary N) is 1. The van der Waals surface area contributed by atoms with Gasteiger partial charge in [-0.1, -0.05) is 0 Å². The Morgan fingerprint density at radius 3 is 2.69 bits per heavy atom. The van der Waals surface area contributed by atoms with Crippen LogP contribution in [0.2, 0.25) is 0 Å². The third kappa shape index (κ3) is 2.82. The van der Waals surface area contributed by atoms with E-state index in [4.69, 9.17) is 4.98 Å². The molecule has 35 heavy (non-hydrogen) atoms. The Labute approximate surface area is 201 Å². The maximum absolute atomic E-state index is 13.7. The summed E-state index contributed by atoms with van der Waals surface area (Å²) in [5.41, 5.74) is 3.17. The number of aromatic nitrogens is 7. The topological polar surface area (TPSA) is 112 Å². The standard InChI is InChI=1S/C25H28N8O2/c1-14-4-20-27-13-28-32(20)11-18(14)29-22-26-10-19-21(30-22)33(23(35)31(19)3)25-8-16-5-17(9-25)7-24(6-16,12-25)15(2)34/h4,10-11,13,16-17H,5-9,12H2,1-3H3,(H,26,29,30). The van der Waals surface area contributed by atoms with Gasteiger partial charge in [-0.05, 0) is 75.8 Å². The van der Waals surface area contributed by atoms with Crippen molar-refractivity contribution in [2.45, 2.75) is 57.9 Å². The van der Waals surface area contributed by atoms with Gasteiger partial charge in [0.2, 0.25) is 5.95 Å². The predicted molar refractivity (Wildman–Crippen MR) is 130 cm³/mol. The number of ketones is 1. The average Bonchev–Trinajstić information content (AvgIpc) is 3.34. The molecule has 0 radical (unpaired) electrons. The zero-order chi connectivity index (χ0) is 24.1. The summed E-state index contributed by atoms with van der Waals surface area (Å²) in [6.07, 6.45) is 10.8. The molecule has 0 aromatic carbocycles. The van der Waals surface area contributed by atoms with Crippen molar-refractivity contribution in [3.8, 4) is 0 Å². The smallest absolute Gasteiger partial charge is 0.323 e. The van der Waals surface area contributed by atoms with E-state index in [9.17, 15) is 9.59 Å². The normalized spacial score (nSPS) is 29.3. The van der Waals surface area contributed by atoms with Gasteiger partial charge in [-0.15, -0.1) is 0 Å². The molecule has 0 saturated heterocycles. The van der Waals surface area contributed by atoms with Crippen LogP contribution in [-0.2, 0) is 17.4 Å². The summed E-state index contributed by atoms with van der Waals surface area (Å²) in [6, 6.07) is 1.95. The van der Waals surface area contributed by atoms with Crippen molar-refractivity contribution in [2.75, 3.05) is 5.32 Å². The molecule has 0 spiro atoms. The number of aryl methyl sites for hydroxylation is 2. The number of Topliss-reactive ketones (excluding diaryl/α,β-unsaturated/α-hetero) is 1. The maximum Gasteiger partial charge on any atom is 0.330 e. The quantitative estimate of drug-likeness (QED) is 0.486. The maximum atomic E-state index is 13.7. The highest BCUT2D eigenvalue weighted by Gasteiger charge is 2.61. The van der Waals surface area contributed by atoms with Crippen molar-refractivity contribution in [1.29, 1.82) is 0 Å². The van der Waals surface area contributed by atoms with Crippen LogP contribution >= 0.6 is 0 Å². The Hall–Kier alpha value is -3.56. The Morgan fingerprint density at radius 1 is 1.17 bits per heavy atom. The van der Waals surface area contributed by atoms with Crippen LogP contribution in [0.1, 0.15) is 51.0 Å². The lowest BCUT2D eigenvalue weighted by molar-refractivity contribution is -0.150. The second kappa shape index (κ2) is 6.77. The first kappa shape index (κ1) is 20.8. The number of carbonyl (C=O) groups excluding carboxylic acids is 1. The van der Waals surface area contributed by atoms with Crippen molar-refractivity contribution in [3.05, 3.63) is 40.8 Å². The van der Waals surface area contributed by atoms with Crippen LogP contribution in [0.5, 0.6) is 0 Å². The van der Waals surface area contributed by atoms with Crippen LogP contribution < -0.4 is 11.0 Å². The molecule has 4 saturated carbocycles. The molecule has 1 N–H and O–H groups in total. The van der Waals surface area contributed by atoms with Gasteiger partial charge in [-0.3, -0.25) is 13.9 Å². The summed E-state index contributed by atoms with van der Waals surface area (Å²) < 4.78 is 5.26. The van der Waals surface area contributed by atoms with Crippen LogP contribution in [0.15, 0.2) is 29.6 Å². The SMILES string of the molecule is CC(=O)C12CC3CC(C1)CC(n1c(=O)n(C)c4cnc(Nc5cn6ncnc6cc5C)nc41)(C3)C2. The van der Waals surface area contributed by atoms with Gasteiger partial charge in [0.25, 0.3) is 0 Å². The minimum Gasteiger partial charge on any atom is -0.323 e. The fourth-order valence-electron chi connectivity index (χ4n) is 7.70. The lowest BCUT2D eigenvalue weighted by atomic mass is 9.46. The molecule has 4 aliphatic rings. The molecule has 4 aromatic rings. The monoisotopic (exact) mass is 472 g/mol. The number of hydrogen-bond donors (Lipinski definition) is 1. The van der Waals surface area contributed by atoms with E-state index in [0.29, 0.717) is 28.9 Å². The molecule has 4 bridgehead atoms. The highest BCUT2D eigenvalue weighted by atomic mass is 16.2. The molecule has 180 valence electrons. The van der Waals surface area contributed by atoms with Gasteiger partial charge in [0.05, 0.1) is 23.6 Å². The Bertz CT molecular complexity index is 1580. The minimum atomic E-state index is -0.368. The zero-order valence-electron chi connectivity index (χ0n) is 20.2. The van der Waals surface area contributed by atoms with Gasteiger partial charge in [0.1, 0.15) is 17.6 Å². The molecule has 0 amide bonds. The summed E-state index contributed by atoms with van der Waals surface area (Å²) in [5.74, 6) is 1.67. The highest BCUT2D eigenvalue weighted by molar-refractivity contribution is 5.83. The average molecular weight is 473 g/mol. The van der Waals surface area contributed by atoms with E-state index in [0.717, 1.165) is 49.0 Å². The van der Waals surface area contributed by atoms with Crippen LogP contribution in [0.25, 0.3) is 16.8 Å². The number of nitrogens with zero attached hydrogens (tertiary/aromatic N) is 7. The highest BCUT2D eigenvalue weighted by Crippen LogP contribution is 2.64. The Balaban J connectivity index is 1.36. The lowest BCUT2D eigenvalue weighted by Crippen LogP contribution is -2.60.